The third-order valence-corrected chi connectivity index (χ3v) is 2.49. The van der Waals surface area contributed by atoms with Gasteiger partial charge in [0, 0.05) is 30.1 Å². The quantitative estimate of drug-likeness (QED) is 0.798. The molecule has 0 saturated carbocycles. The van der Waals surface area contributed by atoms with Crippen molar-refractivity contribution in [2.45, 2.75) is 19.9 Å². The molecule has 1 aromatic carbocycles. The average molecular weight is 227 g/mol. The Balaban J connectivity index is 2.03. The standard InChI is InChI=1S/C14H17N3/c1-2-8-15-9-12-10-16-14(17-11-12)13-6-4-3-5-7-13/h3-7,10-11,15H,2,8-9H2,1H3. The Bertz CT molecular complexity index is 437. The molecule has 0 unspecified atom stereocenters. The van der Waals surface area contributed by atoms with E-state index in [0.29, 0.717) is 0 Å². The summed E-state index contributed by atoms with van der Waals surface area (Å²) in [4.78, 5) is 8.75. The van der Waals surface area contributed by atoms with E-state index in [1.165, 1.54) is 0 Å². The molecule has 0 aliphatic rings. The summed E-state index contributed by atoms with van der Waals surface area (Å²) in [5.41, 5.74) is 2.18. The third-order valence-electron chi connectivity index (χ3n) is 2.49. The molecular weight excluding hydrogens is 210 g/mol. The fourth-order valence-electron chi connectivity index (χ4n) is 1.59. The lowest BCUT2D eigenvalue weighted by molar-refractivity contribution is 0.672. The molecule has 3 nitrogen and oxygen atoms in total. The molecular formula is C14H17N3. The van der Waals surface area contributed by atoms with E-state index in [1.54, 1.807) is 0 Å². The van der Waals surface area contributed by atoms with Crippen LogP contribution in [0.15, 0.2) is 42.7 Å². The van der Waals surface area contributed by atoms with Crippen LogP contribution in [0.4, 0.5) is 0 Å². The molecule has 0 atom stereocenters. The topological polar surface area (TPSA) is 37.8 Å². The first-order valence-corrected chi connectivity index (χ1v) is 5.97. The van der Waals surface area contributed by atoms with Gasteiger partial charge in [-0.25, -0.2) is 9.97 Å². The maximum Gasteiger partial charge on any atom is 0.159 e. The van der Waals surface area contributed by atoms with Crippen LogP contribution < -0.4 is 5.32 Å². The number of rotatable bonds is 5. The summed E-state index contributed by atoms with van der Waals surface area (Å²) in [5, 5.41) is 3.33. The lowest BCUT2D eigenvalue weighted by Gasteiger charge is -2.03. The normalized spacial score (nSPS) is 10.4. The van der Waals surface area contributed by atoms with Crippen LogP contribution in [0.2, 0.25) is 0 Å². The average Bonchev–Trinajstić information content (AvgIpc) is 2.41. The minimum absolute atomic E-state index is 0.782. The zero-order valence-electron chi connectivity index (χ0n) is 10.1. The molecule has 1 aromatic heterocycles. The molecule has 0 amide bonds. The van der Waals surface area contributed by atoms with E-state index < -0.39 is 0 Å². The number of nitrogens with zero attached hydrogens (tertiary/aromatic N) is 2. The molecule has 0 aliphatic heterocycles. The minimum atomic E-state index is 0.782. The molecule has 0 aliphatic carbocycles. The first-order chi connectivity index (χ1) is 8.40. The van der Waals surface area contributed by atoms with E-state index in [1.807, 2.05) is 42.7 Å². The lowest BCUT2D eigenvalue weighted by Crippen LogP contribution is -2.14. The van der Waals surface area contributed by atoms with Crippen molar-refractivity contribution >= 4 is 0 Å². The Kier molecular flexibility index (Phi) is 4.22. The molecule has 88 valence electrons. The predicted molar refractivity (Wildman–Crippen MR) is 69.5 cm³/mol. The summed E-state index contributed by atoms with van der Waals surface area (Å²) >= 11 is 0. The second-order valence-electron chi connectivity index (χ2n) is 3.96. The van der Waals surface area contributed by atoms with Gasteiger partial charge in [0.25, 0.3) is 0 Å². The van der Waals surface area contributed by atoms with E-state index in [9.17, 15) is 0 Å². The van der Waals surface area contributed by atoms with E-state index in [2.05, 4.69) is 22.2 Å². The van der Waals surface area contributed by atoms with Crippen LogP contribution in [-0.4, -0.2) is 16.5 Å². The molecule has 2 aromatic rings. The second kappa shape index (κ2) is 6.11. The fourth-order valence-corrected chi connectivity index (χ4v) is 1.59. The van der Waals surface area contributed by atoms with Crippen molar-refractivity contribution < 1.29 is 0 Å². The van der Waals surface area contributed by atoms with Gasteiger partial charge >= 0.3 is 0 Å². The molecule has 0 fully saturated rings. The highest BCUT2D eigenvalue weighted by molar-refractivity contribution is 5.53. The van der Waals surface area contributed by atoms with Gasteiger partial charge in [0.2, 0.25) is 0 Å². The van der Waals surface area contributed by atoms with Gasteiger partial charge in [0.15, 0.2) is 5.82 Å². The van der Waals surface area contributed by atoms with Crippen molar-refractivity contribution in [3.05, 3.63) is 48.3 Å². The van der Waals surface area contributed by atoms with Gasteiger partial charge in [-0.3, -0.25) is 0 Å². The summed E-state index contributed by atoms with van der Waals surface area (Å²) in [7, 11) is 0. The third kappa shape index (κ3) is 3.36. The van der Waals surface area contributed by atoms with E-state index in [0.717, 1.165) is 36.5 Å². The van der Waals surface area contributed by atoms with Crippen LogP contribution in [0.1, 0.15) is 18.9 Å². The van der Waals surface area contributed by atoms with Crippen molar-refractivity contribution in [3.63, 3.8) is 0 Å². The highest BCUT2D eigenvalue weighted by Crippen LogP contribution is 2.12. The van der Waals surface area contributed by atoms with Gasteiger partial charge in [-0.05, 0) is 13.0 Å². The Morgan fingerprint density at radius 2 is 1.76 bits per heavy atom. The van der Waals surface area contributed by atoms with E-state index >= 15 is 0 Å². The second-order valence-corrected chi connectivity index (χ2v) is 3.96. The van der Waals surface area contributed by atoms with Crippen LogP contribution >= 0.6 is 0 Å². The molecule has 3 heteroatoms. The monoisotopic (exact) mass is 227 g/mol. The van der Waals surface area contributed by atoms with Gasteiger partial charge in [-0.1, -0.05) is 37.3 Å². The van der Waals surface area contributed by atoms with Gasteiger partial charge < -0.3 is 5.32 Å². The molecule has 0 bridgehead atoms. The Morgan fingerprint density at radius 1 is 1.06 bits per heavy atom. The first kappa shape index (κ1) is 11.7. The predicted octanol–water partition coefficient (Wildman–Crippen LogP) is 2.64. The van der Waals surface area contributed by atoms with Crippen molar-refractivity contribution in [3.8, 4) is 11.4 Å². The molecule has 0 saturated heterocycles. The summed E-state index contributed by atoms with van der Waals surface area (Å²) in [6.07, 6.45) is 4.92. The van der Waals surface area contributed by atoms with Crippen molar-refractivity contribution in [2.24, 2.45) is 0 Å². The molecule has 2 rings (SSSR count). The number of nitrogens with one attached hydrogen (secondary N) is 1. The zero-order valence-corrected chi connectivity index (χ0v) is 10.1. The number of hydrogen-bond acceptors (Lipinski definition) is 3. The molecule has 0 radical (unpaired) electrons. The summed E-state index contributed by atoms with van der Waals surface area (Å²) in [6.45, 7) is 4.02. The Morgan fingerprint density at radius 3 is 2.41 bits per heavy atom. The number of aromatic nitrogens is 2. The van der Waals surface area contributed by atoms with Gasteiger partial charge in [-0.15, -0.1) is 0 Å². The highest BCUT2D eigenvalue weighted by atomic mass is 14.9. The number of benzene rings is 1. The SMILES string of the molecule is CCCNCc1cnc(-c2ccccc2)nc1. The van der Waals surface area contributed by atoms with Crippen molar-refractivity contribution in [1.82, 2.24) is 15.3 Å². The van der Waals surface area contributed by atoms with E-state index in [4.69, 9.17) is 0 Å². The maximum absolute atomic E-state index is 4.38. The summed E-state index contributed by atoms with van der Waals surface area (Å²) in [6, 6.07) is 10.0. The Labute approximate surface area is 102 Å². The van der Waals surface area contributed by atoms with Crippen molar-refractivity contribution in [2.75, 3.05) is 6.54 Å². The lowest BCUT2D eigenvalue weighted by atomic mass is 10.2. The van der Waals surface area contributed by atoms with Crippen LogP contribution in [-0.2, 0) is 6.54 Å². The van der Waals surface area contributed by atoms with E-state index in [-0.39, 0.29) is 0 Å². The fraction of sp³-hybridized carbons (Fsp3) is 0.286. The summed E-state index contributed by atoms with van der Waals surface area (Å²) < 4.78 is 0. The van der Waals surface area contributed by atoms with Gasteiger partial charge in [-0.2, -0.15) is 0 Å². The van der Waals surface area contributed by atoms with Crippen LogP contribution in [0, 0.1) is 0 Å². The van der Waals surface area contributed by atoms with Gasteiger partial charge in [0.1, 0.15) is 0 Å². The summed E-state index contributed by atoms with van der Waals surface area (Å²) in [5.74, 6) is 0.782. The molecule has 1 N–H and O–H groups in total. The Hall–Kier alpha value is -1.74. The van der Waals surface area contributed by atoms with Gasteiger partial charge in [0.05, 0.1) is 0 Å². The smallest absolute Gasteiger partial charge is 0.159 e. The largest absolute Gasteiger partial charge is 0.313 e. The van der Waals surface area contributed by atoms with Crippen LogP contribution in [0.25, 0.3) is 11.4 Å². The maximum atomic E-state index is 4.38. The first-order valence-electron chi connectivity index (χ1n) is 5.97. The highest BCUT2D eigenvalue weighted by Gasteiger charge is 1.99. The molecule has 1 heterocycles. The zero-order chi connectivity index (χ0) is 11.9. The molecule has 0 spiro atoms. The van der Waals surface area contributed by atoms with Crippen LogP contribution in [0.5, 0.6) is 0 Å². The number of hydrogen-bond donors (Lipinski definition) is 1. The molecule has 17 heavy (non-hydrogen) atoms. The van der Waals surface area contributed by atoms with Crippen molar-refractivity contribution in [1.29, 1.82) is 0 Å². The van der Waals surface area contributed by atoms with Crippen LogP contribution in [0.3, 0.4) is 0 Å². The minimum Gasteiger partial charge on any atom is -0.313 e.